The molecule has 10 nitrogen and oxygen atoms in total. The Morgan fingerprint density at radius 1 is 1.11 bits per heavy atom. The number of aromatic nitrogens is 2. The van der Waals surface area contributed by atoms with Crippen molar-refractivity contribution in [2.45, 2.75) is 17.7 Å². The highest BCUT2D eigenvalue weighted by Crippen LogP contribution is 2.30. The van der Waals surface area contributed by atoms with Crippen LogP contribution in [0.1, 0.15) is 12.8 Å². The van der Waals surface area contributed by atoms with E-state index in [2.05, 4.69) is 25.1 Å². The number of methoxy groups -OCH3 is 1. The van der Waals surface area contributed by atoms with Gasteiger partial charge >= 0.3 is 10.1 Å². The maximum atomic E-state index is 12.9. The Balaban J connectivity index is 1.23. The van der Waals surface area contributed by atoms with Gasteiger partial charge in [0, 0.05) is 57.5 Å². The molecule has 2 fully saturated rings. The minimum Gasteiger partial charge on any atom is -0.383 e. The van der Waals surface area contributed by atoms with E-state index in [0.717, 1.165) is 57.9 Å². The molecular formula is C24H29N5O5S. The minimum absolute atomic E-state index is 0.0560. The predicted octanol–water partition coefficient (Wildman–Crippen LogP) is 2.45. The first-order valence-electron chi connectivity index (χ1n) is 11.7. The number of rotatable bonds is 9. The third kappa shape index (κ3) is 5.58. The summed E-state index contributed by atoms with van der Waals surface area (Å²) in [5.41, 5.74) is 2.16. The minimum atomic E-state index is -4.01. The number of nitrogens with one attached hydrogen (secondary N) is 2. The topological polar surface area (TPSA) is 117 Å². The van der Waals surface area contributed by atoms with Gasteiger partial charge in [0.1, 0.15) is 10.6 Å². The molecule has 1 aromatic heterocycles. The average Bonchev–Trinajstić information content (AvgIpc) is 3.64. The Bertz CT molecular complexity index is 1300. The fourth-order valence-corrected chi connectivity index (χ4v) is 5.04. The molecule has 2 aromatic carbocycles. The molecule has 0 unspecified atom stereocenters. The Morgan fingerprint density at radius 2 is 1.86 bits per heavy atom. The molecule has 2 heterocycles. The Labute approximate surface area is 204 Å². The summed E-state index contributed by atoms with van der Waals surface area (Å²) < 4.78 is 36.2. The van der Waals surface area contributed by atoms with Crippen molar-refractivity contribution >= 4 is 38.7 Å². The normalized spacial score (nSPS) is 17.0. The second-order valence-corrected chi connectivity index (χ2v) is 10.4. The van der Waals surface area contributed by atoms with Gasteiger partial charge in [-0.2, -0.15) is 8.42 Å². The van der Waals surface area contributed by atoms with Gasteiger partial charge in [0.2, 0.25) is 11.9 Å². The summed E-state index contributed by atoms with van der Waals surface area (Å²) in [6.45, 7) is 5.26. The average molecular weight is 500 g/mol. The van der Waals surface area contributed by atoms with E-state index in [0.29, 0.717) is 17.0 Å². The third-order valence-electron chi connectivity index (χ3n) is 6.32. The molecule has 1 aliphatic heterocycles. The van der Waals surface area contributed by atoms with E-state index in [-0.39, 0.29) is 22.5 Å². The van der Waals surface area contributed by atoms with Crippen LogP contribution in [0.2, 0.25) is 0 Å². The number of fused-ring (bicyclic) bond motifs is 1. The van der Waals surface area contributed by atoms with E-state index in [1.165, 1.54) is 0 Å². The first kappa shape index (κ1) is 23.6. The molecule has 1 saturated heterocycles. The second-order valence-electron chi connectivity index (χ2n) is 8.88. The van der Waals surface area contributed by atoms with Crippen LogP contribution in [-0.2, 0) is 19.6 Å². The first-order valence-corrected chi connectivity index (χ1v) is 13.1. The number of benzene rings is 2. The van der Waals surface area contributed by atoms with E-state index >= 15 is 0 Å². The molecule has 5 rings (SSSR count). The molecule has 0 bridgehead atoms. The highest BCUT2D eigenvalue weighted by atomic mass is 32.2. The molecule has 0 atom stereocenters. The summed E-state index contributed by atoms with van der Waals surface area (Å²) in [7, 11) is -2.30. The SMILES string of the molecule is COCCN1CCN(c2ccc(S(=O)(=O)Oc3ccc4nc(NC(=O)C5CC5)[nH]c4c3)cc2)CC1. The number of ether oxygens (including phenoxy) is 1. The van der Waals surface area contributed by atoms with Crippen molar-refractivity contribution < 1.29 is 22.1 Å². The third-order valence-corrected chi connectivity index (χ3v) is 7.58. The highest BCUT2D eigenvalue weighted by Gasteiger charge is 2.30. The molecule has 1 saturated carbocycles. The zero-order chi connectivity index (χ0) is 24.4. The van der Waals surface area contributed by atoms with Crippen LogP contribution in [0.25, 0.3) is 11.0 Å². The maximum absolute atomic E-state index is 12.9. The number of hydrogen-bond donors (Lipinski definition) is 2. The predicted molar refractivity (Wildman–Crippen MR) is 132 cm³/mol. The lowest BCUT2D eigenvalue weighted by molar-refractivity contribution is -0.117. The van der Waals surface area contributed by atoms with Gasteiger partial charge in [-0.25, -0.2) is 4.98 Å². The van der Waals surface area contributed by atoms with Crippen LogP contribution in [0.3, 0.4) is 0 Å². The Hall–Kier alpha value is -3.15. The molecule has 1 amide bonds. The van der Waals surface area contributed by atoms with Crippen LogP contribution in [-0.4, -0.2) is 75.6 Å². The van der Waals surface area contributed by atoms with Crippen LogP contribution in [0, 0.1) is 5.92 Å². The van der Waals surface area contributed by atoms with Crippen LogP contribution < -0.4 is 14.4 Å². The van der Waals surface area contributed by atoms with Crippen LogP contribution >= 0.6 is 0 Å². The van der Waals surface area contributed by atoms with Gasteiger partial charge < -0.3 is 18.8 Å². The van der Waals surface area contributed by atoms with Crippen molar-refractivity contribution in [2.24, 2.45) is 5.92 Å². The molecule has 1 aliphatic carbocycles. The van der Waals surface area contributed by atoms with E-state index in [1.807, 2.05) is 12.1 Å². The molecule has 2 aliphatic rings. The zero-order valence-electron chi connectivity index (χ0n) is 19.6. The number of aromatic amines is 1. The Kier molecular flexibility index (Phi) is 6.63. The fraction of sp³-hybridized carbons (Fsp3) is 0.417. The number of carbonyl (C=O) groups is 1. The van der Waals surface area contributed by atoms with E-state index in [1.54, 1.807) is 37.4 Å². The van der Waals surface area contributed by atoms with Gasteiger partial charge in [0.25, 0.3) is 0 Å². The number of carbonyl (C=O) groups excluding carboxylic acids is 1. The summed E-state index contributed by atoms with van der Waals surface area (Å²) in [6.07, 6.45) is 1.79. The molecule has 0 radical (unpaired) electrons. The number of piperazine rings is 1. The van der Waals surface area contributed by atoms with E-state index in [4.69, 9.17) is 8.92 Å². The molecule has 3 aromatic rings. The lowest BCUT2D eigenvalue weighted by Gasteiger charge is -2.36. The lowest BCUT2D eigenvalue weighted by atomic mass is 10.2. The van der Waals surface area contributed by atoms with Gasteiger partial charge in [-0.1, -0.05) is 0 Å². The van der Waals surface area contributed by atoms with Crippen LogP contribution in [0.4, 0.5) is 11.6 Å². The summed E-state index contributed by atoms with van der Waals surface area (Å²) in [5.74, 6) is 0.508. The molecular weight excluding hydrogens is 470 g/mol. The fourth-order valence-electron chi connectivity index (χ4n) is 4.11. The molecule has 2 N–H and O–H groups in total. The maximum Gasteiger partial charge on any atom is 0.339 e. The standard InChI is InChI=1S/C24H29N5O5S/c1-33-15-14-28-10-12-29(13-11-28)18-4-7-20(8-5-18)35(31,32)34-19-6-9-21-22(16-19)26-24(25-21)27-23(30)17-2-3-17/h4-9,16-17H,2-3,10-15H2,1H3,(H2,25,26,27,30). The van der Waals surface area contributed by atoms with Gasteiger partial charge in [-0.05, 0) is 49.2 Å². The Morgan fingerprint density at radius 3 is 2.54 bits per heavy atom. The van der Waals surface area contributed by atoms with Gasteiger partial charge in [0.05, 0.1) is 17.6 Å². The molecule has 35 heavy (non-hydrogen) atoms. The molecule has 186 valence electrons. The van der Waals surface area contributed by atoms with Crippen LogP contribution in [0.15, 0.2) is 47.4 Å². The number of nitrogens with zero attached hydrogens (tertiary/aromatic N) is 3. The quantitative estimate of drug-likeness (QED) is 0.431. The van der Waals surface area contributed by atoms with Gasteiger partial charge in [-0.3, -0.25) is 15.0 Å². The number of H-pyrrole nitrogens is 1. The zero-order valence-corrected chi connectivity index (χ0v) is 20.4. The summed E-state index contributed by atoms with van der Waals surface area (Å²) in [4.78, 5) is 24.0. The van der Waals surface area contributed by atoms with Gasteiger partial charge in [0.15, 0.2) is 0 Å². The largest absolute Gasteiger partial charge is 0.383 e. The van der Waals surface area contributed by atoms with Crippen molar-refractivity contribution in [2.75, 3.05) is 56.7 Å². The number of anilines is 2. The number of hydrogen-bond acceptors (Lipinski definition) is 8. The van der Waals surface area contributed by atoms with Gasteiger partial charge in [-0.15, -0.1) is 0 Å². The smallest absolute Gasteiger partial charge is 0.339 e. The summed E-state index contributed by atoms with van der Waals surface area (Å²) in [6, 6.07) is 11.5. The monoisotopic (exact) mass is 499 g/mol. The van der Waals surface area contributed by atoms with E-state index in [9.17, 15) is 13.2 Å². The van der Waals surface area contributed by atoms with Crippen molar-refractivity contribution in [3.63, 3.8) is 0 Å². The number of amides is 1. The lowest BCUT2D eigenvalue weighted by Crippen LogP contribution is -2.47. The van der Waals surface area contributed by atoms with Crippen molar-refractivity contribution in [3.05, 3.63) is 42.5 Å². The second kappa shape index (κ2) is 9.84. The van der Waals surface area contributed by atoms with Crippen molar-refractivity contribution in [1.82, 2.24) is 14.9 Å². The van der Waals surface area contributed by atoms with E-state index < -0.39 is 10.1 Å². The number of imidazole rings is 1. The summed E-state index contributed by atoms with van der Waals surface area (Å²) in [5, 5.41) is 2.75. The van der Waals surface area contributed by atoms with Crippen molar-refractivity contribution in [3.8, 4) is 5.75 Å². The molecule has 11 heteroatoms. The van der Waals surface area contributed by atoms with Crippen LogP contribution in [0.5, 0.6) is 5.75 Å². The highest BCUT2D eigenvalue weighted by molar-refractivity contribution is 7.87. The first-order chi connectivity index (χ1) is 16.9. The molecule has 0 spiro atoms. The summed E-state index contributed by atoms with van der Waals surface area (Å²) >= 11 is 0. The van der Waals surface area contributed by atoms with Crippen molar-refractivity contribution in [1.29, 1.82) is 0 Å².